The molecule has 0 saturated carbocycles. The highest BCUT2D eigenvalue weighted by atomic mass is 16.6. The molecule has 2 bridgehead atoms. The molecule has 0 aromatic rings. The number of fused-ring (bicyclic) bond motifs is 2. The smallest absolute Gasteiger partial charge is 0.408 e. The third kappa shape index (κ3) is 2.78. The lowest BCUT2D eigenvalue weighted by Crippen LogP contribution is -2.54. The Bertz CT molecular complexity index is 315. The fourth-order valence-electron chi connectivity index (χ4n) is 2.87. The van der Waals surface area contributed by atoms with Crippen molar-refractivity contribution in [2.45, 2.75) is 69.8 Å². The van der Waals surface area contributed by atoms with Crippen molar-refractivity contribution in [2.75, 3.05) is 6.61 Å². The summed E-state index contributed by atoms with van der Waals surface area (Å²) in [6.07, 6.45) is 3.66. The Morgan fingerprint density at radius 1 is 1.50 bits per heavy atom. The van der Waals surface area contributed by atoms with E-state index in [1.165, 1.54) is 0 Å². The van der Waals surface area contributed by atoms with Gasteiger partial charge >= 0.3 is 6.09 Å². The lowest BCUT2D eigenvalue weighted by molar-refractivity contribution is -0.0340. The average molecular weight is 257 g/mol. The van der Waals surface area contributed by atoms with Gasteiger partial charge in [-0.15, -0.1) is 0 Å². The zero-order chi connectivity index (χ0) is 13.4. The van der Waals surface area contributed by atoms with Crippen molar-refractivity contribution in [2.24, 2.45) is 0 Å². The van der Waals surface area contributed by atoms with Crippen LogP contribution in [0.15, 0.2) is 0 Å². The molecular formula is C13H23NO4. The summed E-state index contributed by atoms with van der Waals surface area (Å²) in [5.74, 6) is 0. The predicted octanol–water partition coefficient (Wildman–Crippen LogP) is 1.58. The Balaban J connectivity index is 1.95. The quantitative estimate of drug-likeness (QED) is 0.805. The zero-order valence-electron chi connectivity index (χ0n) is 11.4. The Morgan fingerprint density at radius 3 is 2.50 bits per heavy atom. The van der Waals surface area contributed by atoms with E-state index in [1.807, 2.05) is 20.8 Å². The van der Waals surface area contributed by atoms with Crippen molar-refractivity contribution in [3.8, 4) is 0 Å². The number of hydrogen-bond donors (Lipinski definition) is 2. The van der Waals surface area contributed by atoms with Gasteiger partial charge in [0.2, 0.25) is 0 Å². The van der Waals surface area contributed by atoms with Gasteiger partial charge in [-0.3, -0.25) is 0 Å². The molecule has 2 fully saturated rings. The van der Waals surface area contributed by atoms with Gasteiger partial charge in [-0.05, 0) is 46.5 Å². The number of ether oxygens (including phenoxy) is 2. The van der Waals surface area contributed by atoms with Gasteiger partial charge in [0.25, 0.3) is 0 Å². The second-order valence-electron chi connectivity index (χ2n) is 6.26. The van der Waals surface area contributed by atoms with Crippen molar-refractivity contribution in [3.63, 3.8) is 0 Å². The van der Waals surface area contributed by atoms with E-state index in [0.29, 0.717) is 6.10 Å². The molecule has 2 rings (SSSR count). The molecule has 1 amide bonds. The lowest BCUT2D eigenvalue weighted by atomic mass is 9.83. The molecule has 2 aliphatic heterocycles. The van der Waals surface area contributed by atoms with Crippen LogP contribution in [0.4, 0.5) is 4.79 Å². The van der Waals surface area contributed by atoms with E-state index in [2.05, 4.69) is 5.32 Å². The summed E-state index contributed by atoms with van der Waals surface area (Å²) in [4.78, 5) is 11.8. The van der Waals surface area contributed by atoms with Crippen molar-refractivity contribution >= 4 is 6.09 Å². The van der Waals surface area contributed by atoms with Gasteiger partial charge in [-0.1, -0.05) is 0 Å². The van der Waals surface area contributed by atoms with Crippen LogP contribution in [0.5, 0.6) is 0 Å². The summed E-state index contributed by atoms with van der Waals surface area (Å²) in [6.45, 7) is 5.33. The minimum absolute atomic E-state index is 0.119. The van der Waals surface area contributed by atoms with Crippen LogP contribution in [-0.2, 0) is 9.47 Å². The van der Waals surface area contributed by atoms with Crippen LogP contribution in [0.25, 0.3) is 0 Å². The summed E-state index contributed by atoms with van der Waals surface area (Å²) in [6, 6.07) is -0.375. The van der Waals surface area contributed by atoms with Gasteiger partial charge in [0.1, 0.15) is 5.60 Å². The monoisotopic (exact) mass is 257 g/mol. The maximum atomic E-state index is 11.8. The van der Waals surface area contributed by atoms with E-state index in [4.69, 9.17) is 9.47 Å². The van der Waals surface area contributed by atoms with Gasteiger partial charge in [0, 0.05) is 0 Å². The Labute approximate surface area is 108 Å². The summed E-state index contributed by atoms with van der Waals surface area (Å²) in [5.41, 5.74) is -0.910. The molecular weight excluding hydrogens is 234 g/mol. The highest BCUT2D eigenvalue weighted by Crippen LogP contribution is 2.45. The van der Waals surface area contributed by atoms with Crippen LogP contribution in [-0.4, -0.2) is 41.2 Å². The number of rotatable bonds is 3. The Morgan fingerprint density at radius 2 is 2.11 bits per heavy atom. The highest BCUT2D eigenvalue weighted by Gasteiger charge is 2.51. The van der Waals surface area contributed by atoms with E-state index in [9.17, 15) is 9.90 Å². The maximum Gasteiger partial charge on any atom is 0.408 e. The molecule has 5 heteroatoms. The second kappa shape index (κ2) is 4.70. The predicted molar refractivity (Wildman–Crippen MR) is 66.3 cm³/mol. The van der Waals surface area contributed by atoms with Crippen molar-refractivity contribution < 1.29 is 19.4 Å². The molecule has 1 atom stereocenters. The summed E-state index contributed by atoms with van der Waals surface area (Å²) in [7, 11) is 0. The van der Waals surface area contributed by atoms with Crippen LogP contribution in [0.1, 0.15) is 46.5 Å². The first kappa shape index (κ1) is 13.6. The van der Waals surface area contributed by atoms with Crippen LogP contribution >= 0.6 is 0 Å². The van der Waals surface area contributed by atoms with E-state index in [1.54, 1.807) is 0 Å². The van der Waals surface area contributed by atoms with Gasteiger partial charge in [-0.2, -0.15) is 0 Å². The first-order valence-electron chi connectivity index (χ1n) is 6.63. The fourth-order valence-corrected chi connectivity index (χ4v) is 2.87. The number of aliphatic hydroxyl groups is 1. The molecule has 2 heterocycles. The molecule has 0 aliphatic carbocycles. The van der Waals surface area contributed by atoms with Crippen LogP contribution < -0.4 is 5.32 Å². The summed E-state index contributed by atoms with van der Waals surface area (Å²) >= 11 is 0. The molecule has 104 valence electrons. The molecule has 2 saturated heterocycles. The van der Waals surface area contributed by atoms with Gasteiger partial charge in [-0.25, -0.2) is 4.79 Å². The number of aliphatic hydroxyl groups excluding tert-OH is 1. The van der Waals surface area contributed by atoms with Gasteiger partial charge in [0.05, 0.1) is 24.4 Å². The SMILES string of the molecule is CC(C)(C)OC(=O)NC(CO)C12CCC(CC1)O2. The number of hydrogen-bond acceptors (Lipinski definition) is 4. The van der Waals surface area contributed by atoms with Crippen molar-refractivity contribution in [3.05, 3.63) is 0 Å². The number of nitrogens with one attached hydrogen (secondary N) is 1. The van der Waals surface area contributed by atoms with E-state index < -0.39 is 11.7 Å². The second-order valence-corrected chi connectivity index (χ2v) is 6.26. The lowest BCUT2D eigenvalue weighted by Gasteiger charge is -2.34. The standard InChI is InChI=1S/C13H23NO4/c1-12(2,3)18-11(16)14-10(8-15)13-6-4-9(17-13)5-7-13/h9-10,15H,4-8H2,1-3H3,(H,14,16). The van der Waals surface area contributed by atoms with Crippen LogP contribution in [0, 0.1) is 0 Å². The molecule has 5 nitrogen and oxygen atoms in total. The largest absolute Gasteiger partial charge is 0.444 e. The van der Waals surface area contributed by atoms with Crippen LogP contribution in [0.2, 0.25) is 0 Å². The van der Waals surface area contributed by atoms with E-state index in [0.717, 1.165) is 25.7 Å². The fraction of sp³-hybridized carbons (Fsp3) is 0.923. The molecule has 2 N–H and O–H groups in total. The number of carbonyl (C=O) groups is 1. The first-order chi connectivity index (χ1) is 8.35. The maximum absolute atomic E-state index is 11.8. The molecule has 18 heavy (non-hydrogen) atoms. The van der Waals surface area contributed by atoms with E-state index in [-0.39, 0.29) is 18.2 Å². The third-order valence-electron chi connectivity index (χ3n) is 3.69. The first-order valence-corrected chi connectivity index (χ1v) is 6.63. The summed E-state index contributed by atoms with van der Waals surface area (Å²) in [5, 5.41) is 12.2. The van der Waals surface area contributed by atoms with Crippen LogP contribution in [0.3, 0.4) is 0 Å². The average Bonchev–Trinajstić information content (AvgIpc) is 2.84. The molecule has 0 aromatic heterocycles. The Hall–Kier alpha value is -0.810. The number of alkyl carbamates (subject to hydrolysis) is 1. The van der Waals surface area contributed by atoms with Crippen molar-refractivity contribution in [1.29, 1.82) is 0 Å². The minimum Gasteiger partial charge on any atom is -0.444 e. The molecule has 1 unspecified atom stereocenters. The number of carbonyl (C=O) groups excluding carboxylic acids is 1. The Kier molecular flexibility index (Phi) is 3.56. The summed E-state index contributed by atoms with van der Waals surface area (Å²) < 4.78 is 11.1. The molecule has 0 spiro atoms. The van der Waals surface area contributed by atoms with Crippen molar-refractivity contribution in [1.82, 2.24) is 5.32 Å². The molecule has 2 aliphatic rings. The normalized spacial score (nSPS) is 32.3. The number of amides is 1. The van der Waals surface area contributed by atoms with Gasteiger partial charge in [0.15, 0.2) is 0 Å². The molecule has 0 aromatic carbocycles. The van der Waals surface area contributed by atoms with E-state index >= 15 is 0 Å². The molecule has 0 radical (unpaired) electrons. The third-order valence-corrected chi connectivity index (χ3v) is 3.69. The zero-order valence-corrected chi connectivity index (χ0v) is 11.4. The topological polar surface area (TPSA) is 67.8 Å². The highest BCUT2D eigenvalue weighted by molar-refractivity contribution is 5.68. The van der Waals surface area contributed by atoms with Gasteiger partial charge < -0.3 is 19.9 Å². The minimum atomic E-state index is -0.531.